The predicted molar refractivity (Wildman–Crippen MR) is 85.9 cm³/mol. The summed E-state index contributed by atoms with van der Waals surface area (Å²) in [7, 11) is 0. The van der Waals surface area contributed by atoms with Gasteiger partial charge >= 0.3 is 0 Å². The molecule has 21 heavy (non-hydrogen) atoms. The van der Waals surface area contributed by atoms with Crippen LogP contribution in [0.2, 0.25) is 0 Å². The number of hydrogen-bond donors (Lipinski definition) is 2. The van der Waals surface area contributed by atoms with E-state index in [4.69, 9.17) is 0 Å². The van der Waals surface area contributed by atoms with Crippen molar-refractivity contribution in [1.82, 2.24) is 10.2 Å². The molecule has 1 amide bonds. The Morgan fingerprint density at radius 1 is 1.19 bits per heavy atom. The van der Waals surface area contributed by atoms with Crippen molar-refractivity contribution in [2.75, 3.05) is 5.32 Å². The SMILES string of the molecule is O=C(Nc1ccc2[nH]ncc2c1)c1csc2ccccc12. The number of nitrogens with zero attached hydrogens (tertiary/aromatic N) is 1. The number of benzene rings is 2. The molecular weight excluding hydrogens is 282 g/mol. The van der Waals surface area contributed by atoms with Gasteiger partial charge < -0.3 is 5.32 Å². The second-order valence-electron chi connectivity index (χ2n) is 4.77. The van der Waals surface area contributed by atoms with Crippen LogP contribution in [0.3, 0.4) is 0 Å². The molecule has 102 valence electrons. The van der Waals surface area contributed by atoms with Crippen molar-refractivity contribution in [3.8, 4) is 0 Å². The fourth-order valence-electron chi connectivity index (χ4n) is 2.37. The van der Waals surface area contributed by atoms with Crippen LogP contribution in [0.1, 0.15) is 10.4 Å². The molecule has 0 bridgehead atoms. The molecule has 0 atom stereocenters. The average molecular weight is 293 g/mol. The zero-order valence-electron chi connectivity index (χ0n) is 11.0. The van der Waals surface area contributed by atoms with Crippen LogP contribution in [0.5, 0.6) is 0 Å². The van der Waals surface area contributed by atoms with Gasteiger partial charge in [0.15, 0.2) is 0 Å². The first-order valence-electron chi connectivity index (χ1n) is 6.52. The highest BCUT2D eigenvalue weighted by Crippen LogP contribution is 2.26. The first-order valence-corrected chi connectivity index (χ1v) is 7.40. The zero-order chi connectivity index (χ0) is 14.2. The van der Waals surface area contributed by atoms with Gasteiger partial charge in [0.05, 0.1) is 17.3 Å². The van der Waals surface area contributed by atoms with Crippen LogP contribution in [0.25, 0.3) is 21.0 Å². The average Bonchev–Trinajstić information content (AvgIpc) is 3.13. The summed E-state index contributed by atoms with van der Waals surface area (Å²) in [5, 5.41) is 13.7. The van der Waals surface area contributed by atoms with Gasteiger partial charge in [0.1, 0.15) is 0 Å². The fraction of sp³-hybridized carbons (Fsp3) is 0. The number of aromatic nitrogens is 2. The van der Waals surface area contributed by atoms with E-state index in [2.05, 4.69) is 15.5 Å². The van der Waals surface area contributed by atoms with Crippen LogP contribution in [-0.4, -0.2) is 16.1 Å². The van der Waals surface area contributed by atoms with Crippen LogP contribution in [0.15, 0.2) is 54.0 Å². The molecule has 0 fully saturated rings. The highest BCUT2D eigenvalue weighted by Gasteiger charge is 2.12. The van der Waals surface area contributed by atoms with Crippen molar-refractivity contribution in [3.63, 3.8) is 0 Å². The number of H-pyrrole nitrogens is 1. The van der Waals surface area contributed by atoms with Crippen molar-refractivity contribution in [2.24, 2.45) is 0 Å². The highest BCUT2D eigenvalue weighted by atomic mass is 32.1. The maximum absolute atomic E-state index is 12.4. The van der Waals surface area contributed by atoms with Gasteiger partial charge in [-0.2, -0.15) is 5.10 Å². The summed E-state index contributed by atoms with van der Waals surface area (Å²) in [5.74, 6) is -0.0877. The van der Waals surface area contributed by atoms with Gasteiger partial charge in [0, 0.05) is 26.5 Å². The summed E-state index contributed by atoms with van der Waals surface area (Å²) in [6, 6.07) is 13.6. The lowest BCUT2D eigenvalue weighted by molar-refractivity contribution is 0.102. The molecule has 0 radical (unpaired) electrons. The van der Waals surface area contributed by atoms with Crippen LogP contribution < -0.4 is 5.32 Å². The van der Waals surface area contributed by atoms with E-state index < -0.39 is 0 Å². The zero-order valence-corrected chi connectivity index (χ0v) is 11.8. The van der Waals surface area contributed by atoms with Gasteiger partial charge in [0.2, 0.25) is 0 Å². The van der Waals surface area contributed by atoms with E-state index in [0.29, 0.717) is 5.56 Å². The Morgan fingerprint density at radius 2 is 2.10 bits per heavy atom. The molecule has 0 saturated carbocycles. The summed E-state index contributed by atoms with van der Waals surface area (Å²) in [4.78, 5) is 12.4. The van der Waals surface area contributed by atoms with Crippen molar-refractivity contribution in [2.45, 2.75) is 0 Å². The topological polar surface area (TPSA) is 57.8 Å². The molecule has 5 heteroatoms. The number of fused-ring (bicyclic) bond motifs is 2. The summed E-state index contributed by atoms with van der Waals surface area (Å²) < 4.78 is 1.12. The molecule has 0 spiro atoms. The molecular formula is C16H11N3OS. The molecule has 2 heterocycles. The van der Waals surface area contributed by atoms with Crippen LogP contribution >= 0.6 is 11.3 Å². The number of carbonyl (C=O) groups excluding carboxylic acids is 1. The first kappa shape index (κ1) is 12.1. The van der Waals surface area contributed by atoms with Gasteiger partial charge in [-0.15, -0.1) is 11.3 Å². The van der Waals surface area contributed by atoms with Gasteiger partial charge in [-0.05, 0) is 24.3 Å². The van der Waals surface area contributed by atoms with E-state index in [0.717, 1.165) is 26.7 Å². The molecule has 2 N–H and O–H groups in total. The minimum Gasteiger partial charge on any atom is -0.322 e. The molecule has 0 aliphatic rings. The Balaban J connectivity index is 1.68. The van der Waals surface area contributed by atoms with E-state index in [-0.39, 0.29) is 5.91 Å². The second-order valence-corrected chi connectivity index (χ2v) is 5.68. The van der Waals surface area contributed by atoms with Crippen LogP contribution in [0, 0.1) is 0 Å². The molecule has 0 unspecified atom stereocenters. The number of thiophene rings is 1. The number of hydrogen-bond acceptors (Lipinski definition) is 3. The molecule has 0 saturated heterocycles. The summed E-state index contributed by atoms with van der Waals surface area (Å²) in [5.41, 5.74) is 2.43. The number of carbonyl (C=O) groups is 1. The summed E-state index contributed by atoms with van der Waals surface area (Å²) in [6.07, 6.45) is 1.74. The van der Waals surface area contributed by atoms with Crippen molar-refractivity contribution in [3.05, 3.63) is 59.6 Å². The molecule has 2 aromatic heterocycles. The third-order valence-corrected chi connectivity index (χ3v) is 4.39. The number of aromatic amines is 1. The third kappa shape index (κ3) is 2.08. The summed E-state index contributed by atoms with van der Waals surface area (Å²) >= 11 is 1.58. The van der Waals surface area contributed by atoms with Crippen LogP contribution in [-0.2, 0) is 0 Å². The lowest BCUT2D eigenvalue weighted by atomic mass is 10.1. The Morgan fingerprint density at radius 3 is 3.05 bits per heavy atom. The lowest BCUT2D eigenvalue weighted by Gasteiger charge is -2.04. The maximum Gasteiger partial charge on any atom is 0.257 e. The molecule has 2 aromatic carbocycles. The monoisotopic (exact) mass is 293 g/mol. The molecule has 4 aromatic rings. The van der Waals surface area contributed by atoms with Gasteiger partial charge in [0.25, 0.3) is 5.91 Å². The molecule has 0 aliphatic carbocycles. The van der Waals surface area contributed by atoms with Gasteiger partial charge in [-0.1, -0.05) is 18.2 Å². The summed E-state index contributed by atoms with van der Waals surface area (Å²) in [6.45, 7) is 0. The normalized spacial score (nSPS) is 11.0. The number of nitrogens with one attached hydrogen (secondary N) is 2. The smallest absolute Gasteiger partial charge is 0.257 e. The Kier molecular flexibility index (Phi) is 2.72. The van der Waals surface area contributed by atoms with Crippen molar-refractivity contribution in [1.29, 1.82) is 0 Å². The number of rotatable bonds is 2. The molecule has 4 rings (SSSR count). The largest absolute Gasteiger partial charge is 0.322 e. The standard InChI is InChI=1S/C16H11N3OS/c20-16(13-9-21-15-4-2-1-3-12(13)15)18-11-5-6-14-10(7-11)8-17-19-14/h1-9H,(H,17,19)(H,18,20). The predicted octanol–water partition coefficient (Wildman–Crippen LogP) is 4.03. The van der Waals surface area contributed by atoms with E-state index in [1.54, 1.807) is 17.5 Å². The van der Waals surface area contributed by atoms with Crippen LogP contribution in [0.4, 0.5) is 5.69 Å². The van der Waals surface area contributed by atoms with Gasteiger partial charge in [-0.3, -0.25) is 9.89 Å². The molecule has 0 aliphatic heterocycles. The van der Waals surface area contributed by atoms with E-state index in [1.807, 2.05) is 47.8 Å². The maximum atomic E-state index is 12.4. The second kappa shape index (κ2) is 4.71. The van der Waals surface area contributed by atoms with E-state index in [9.17, 15) is 4.79 Å². The highest BCUT2D eigenvalue weighted by molar-refractivity contribution is 7.17. The minimum atomic E-state index is -0.0877. The minimum absolute atomic E-state index is 0.0877. The van der Waals surface area contributed by atoms with Crippen molar-refractivity contribution >= 4 is 43.9 Å². The van der Waals surface area contributed by atoms with Crippen molar-refractivity contribution < 1.29 is 4.79 Å². The number of amides is 1. The quantitative estimate of drug-likeness (QED) is 0.586. The van der Waals surface area contributed by atoms with E-state index >= 15 is 0 Å². The van der Waals surface area contributed by atoms with E-state index in [1.165, 1.54) is 0 Å². The Hall–Kier alpha value is -2.66. The Bertz CT molecular complexity index is 954. The third-order valence-electron chi connectivity index (χ3n) is 3.42. The Labute approximate surface area is 124 Å². The van der Waals surface area contributed by atoms with Gasteiger partial charge in [-0.25, -0.2) is 0 Å². The molecule has 4 nitrogen and oxygen atoms in total. The lowest BCUT2D eigenvalue weighted by Crippen LogP contribution is -2.11. The fourth-order valence-corrected chi connectivity index (χ4v) is 3.31. The number of anilines is 1. The first-order chi connectivity index (χ1) is 10.3.